The Hall–Kier alpha value is -0.0800. The summed E-state index contributed by atoms with van der Waals surface area (Å²) in [7, 11) is 0. The molecule has 3 aliphatic rings. The van der Waals surface area contributed by atoms with Crippen LogP contribution in [0.3, 0.4) is 0 Å². The lowest BCUT2D eigenvalue weighted by molar-refractivity contribution is -0.161. The van der Waals surface area contributed by atoms with E-state index in [1.54, 1.807) is 0 Å². The molecule has 0 aromatic rings. The molecule has 5 atom stereocenters. The molecule has 0 radical (unpaired) electrons. The van der Waals surface area contributed by atoms with Crippen LogP contribution in [0.4, 0.5) is 0 Å². The molecule has 1 saturated heterocycles. The molecule has 0 N–H and O–H groups in total. The lowest BCUT2D eigenvalue weighted by Crippen LogP contribution is -2.29. The van der Waals surface area contributed by atoms with Crippen molar-refractivity contribution in [2.75, 3.05) is 0 Å². The predicted molar refractivity (Wildman–Crippen MR) is 53.8 cm³/mol. The van der Waals surface area contributed by atoms with Gasteiger partial charge in [-0.05, 0) is 37.5 Å². The van der Waals surface area contributed by atoms with Crippen LogP contribution in [0.25, 0.3) is 0 Å². The van der Waals surface area contributed by atoms with Gasteiger partial charge in [0, 0.05) is 0 Å². The van der Waals surface area contributed by atoms with Crippen LogP contribution < -0.4 is 0 Å². The Morgan fingerprint density at radius 1 is 1.21 bits per heavy atom. The Balaban J connectivity index is 1.90. The molecule has 1 heterocycles. The van der Waals surface area contributed by atoms with Crippen LogP contribution in [0.5, 0.6) is 0 Å². The summed E-state index contributed by atoms with van der Waals surface area (Å²) in [5.41, 5.74) is 0.444. The standard InChI is InChI=1S/C12H20O2/c1-5-7-8-6-12(8,4)10-9(7)13-11(2,3)14-10/h7-10H,5-6H2,1-4H3/t7-,8-,9+,10+,12+/m0/s1. The lowest BCUT2D eigenvalue weighted by atomic mass is 9.96. The monoisotopic (exact) mass is 196 g/mol. The fourth-order valence-electron chi connectivity index (χ4n) is 3.74. The molecule has 1 aliphatic heterocycles. The molecule has 3 rings (SSSR count). The highest BCUT2D eigenvalue weighted by molar-refractivity contribution is 5.19. The smallest absolute Gasteiger partial charge is 0.163 e. The van der Waals surface area contributed by atoms with Crippen molar-refractivity contribution in [2.45, 2.75) is 58.5 Å². The van der Waals surface area contributed by atoms with Gasteiger partial charge in [-0.1, -0.05) is 20.3 Å². The van der Waals surface area contributed by atoms with Gasteiger partial charge in [-0.25, -0.2) is 0 Å². The third-order valence-corrected chi connectivity index (χ3v) is 4.54. The van der Waals surface area contributed by atoms with Crippen LogP contribution in [0.15, 0.2) is 0 Å². The Bertz CT molecular complexity index is 273. The zero-order chi connectivity index (χ0) is 10.1. The Labute approximate surface area is 86.0 Å². The van der Waals surface area contributed by atoms with Crippen LogP contribution in [0.2, 0.25) is 0 Å². The van der Waals surface area contributed by atoms with E-state index in [0.29, 0.717) is 17.6 Å². The summed E-state index contributed by atoms with van der Waals surface area (Å²) in [5, 5.41) is 0. The molecule has 14 heavy (non-hydrogen) atoms. The minimum absolute atomic E-state index is 0.348. The maximum atomic E-state index is 6.04. The van der Waals surface area contributed by atoms with Gasteiger partial charge in [-0.3, -0.25) is 0 Å². The van der Waals surface area contributed by atoms with Gasteiger partial charge in [-0.2, -0.15) is 0 Å². The van der Waals surface area contributed by atoms with Crippen molar-refractivity contribution >= 4 is 0 Å². The van der Waals surface area contributed by atoms with Gasteiger partial charge in [0.2, 0.25) is 0 Å². The fourth-order valence-corrected chi connectivity index (χ4v) is 3.74. The topological polar surface area (TPSA) is 18.5 Å². The number of hydrogen-bond donors (Lipinski definition) is 0. The second-order valence-corrected chi connectivity index (χ2v) is 5.91. The van der Waals surface area contributed by atoms with Gasteiger partial charge in [0.05, 0.1) is 12.2 Å². The first-order valence-corrected chi connectivity index (χ1v) is 5.83. The normalized spacial score (nSPS) is 58.3. The van der Waals surface area contributed by atoms with E-state index in [2.05, 4.69) is 13.8 Å². The molecular formula is C12H20O2. The van der Waals surface area contributed by atoms with Crippen molar-refractivity contribution in [3.05, 3.63) is 0 Å². The molecule has 0 spiro atoms. The highest BCUT2D eigenvalue weighted by atomic mass is 16.8. The zero-order valence-corrected chi connectivity index (χ0v) is 9.54. The van der Waals surface area contributed by atoms with Crippen LogP contribution in [-0.4, -0.2) is 18.0 Å². The summed E-state index contributed by atoms with van der Waals surface area (Å²) in [6.07, 6.45) is 3.33. The largest absolute Gasteiger partial charge is 0.344 e. The maximum Gasteiger partial charge on any atom is 0.163 e. The quantitative estimate of drug-likeness (QED) is 0.641. The number of rotatable bonds is 1. The molecule has 0 bridgehead atoms. The highest BCUT2D eigenvalue weighted by Crippen LogP contribution is 2.70. The molecule has 2 aliphatic carbocycles. The summed E-state index contributed by atoms with van der Waals surface area (Å²) in [4.78, 5) is 0. The first-order chi connectivity index (χ1) is 6.48. The Morgan fingerprint density at radius 2 is 1.93 bits per heavy atom. The third-order valence-electron chi connectivity index (χ3n) is 4.54. The van der Waals surface area contributed by atoms with E-state index in [4.69, 9.17) is 9.47 Å². The van der Waals surface area contributed by atoms with Crippen LogP contribution in [-0.2, 0) is 9.47 Å². The molecule has 0 aromatic carbocycles. The summed E-state index contributed by atoms with van der Waals surface area (Å²) in [6.45, 7) is 8.73. The molecule has 3 fully saturated rings. The van der Waals surface area contributed by atoms with Crippen molar-refractivity contribution in [1.82, 2.24) is 0 Å². The van der Waals surface area contributed by atoms with Crippen molar-refractivity contribution in [2.24, 2.45) is 17.3 Å². The molecule has 0 aromatic heterocycles. The molecule has 2 heteroatoms. The van der Waals surface area contributed by atoms with Crippen molar-refractivity contribution < 1.29 is 9.47 Å². The Kier molecular flexibility index (Phi) is 1.54. The summed E-state index contributed by atoms with van der Waals surface area (Å²) < 4.78 is 12.1. The van der Waals surface area contributed by atoms with E-state index >= 15 is 0 Å². The minimum atomic E-state index is -0.348. The third kappa shape index (κ3) is 0.938. The van der Waals surface area contributed by atoms with Gasteiger partial charge in [0.25, 0.3) is 0 Å². The van der Waals surface area contributed by atoms with E-state index < -0.39 is 0 Å². The van der Waals surface area contributed by atoms with E-state index in [0.717, 1.165) is 11.8 Å². The Morgan fingerprint density at radius 3 is 2.57 bits per heavy atom. The molecular weight excluding hydrogens is 176 g/mol. The van der Waals surface area contributed by atoms with Crippen molar-refractivity contribution in [1.29, 1.82) is 0 Å². The summed E-state index contributed by atoms with van der Waals surface area (Å²) in [5.74, 6) is 1.27. The number of fused-ring (bicyclic) bond motifs is 3. The highest BCUT2D eigenvalue weighted by Gasteiger charge is 2.72. The molecule has 80 valence electrons. The summed E-state index contributed by atoms with van der Waals surface area (Å²) in [6, 6.07) is 0. The number of ether oxygens (including phenoxy) is 2. The molecule has 0 amide bonds. The van der Waals surface area contributed by atoms with Gasteiger partial charge < -0.3 is 9.47 Å². The van der Waals surface area contributed by atoms with Crippen LogP contribution in [0.1, 0.15) is 40.5 Å². The first kappa shape index (κ1) is 9.17. The van der Waals surface area contributed by atoms with E-state index in [-0.39, 0.29) is 5.79 Å². The van der Waals surface area contributed by atoms with E-state index in [1.165, 1.54) is 12.8 Å². The minimum Gasteiger partial charge on any atom is -0.344 e. The molecule has 2 nitrogen and oxygen atoms in total. The molecule has 0 unspecified atom stereocenters. The van der Waals surface area contributed by atoms with E-state index in [1.807, 2.05) is 13.8 Å². The SMILES string of the molecule is CC[C@@H]1[C@H]2OC(C)(C)O[C@H]2[C@]2(C)C[C@@H]12. The van der Waals surface area contributed by atoms with Crippen LogP contribution >= 0.6 is 0 Å². The lowest BCUT2D eigenvalue weighted by Gasteiger charge is -2.21. The van der Waals surface area contributed by atoms with Gasteiger partial charge in [0.15, 0.2) is 5.79 Å². The average molecular weight is 196 g/mol. The van der Waals surface area contributed by atoms with Crippen LogP contribution in [0, 0.1) is 17.3 Å². The second kappa shape index (κ2) is 2.35. The van der Waals surface area contributed by atoms with Crippen molar-refractivity contribution in [3.8, 4) is 0 Å². The van der Waals surface area contributed by atoms with Gasteiger partial charge in [0.1, 0.15) is 0 Å². The average Bonchev–Trinajstić information content (AvgIpc) is 2.55. The maximum absolute atomic E-state index is 6.04. The van der Waals surface area contributed by atoms with Gasteiger partial charge >= 0.3 is 0 Å². The summed E-state index contributed by atoms with van der Waals surface area (Å²) >= 11 is 0. The first-order valence-electron chi connectivity index (χ1n) is 5.83. The van der Waals surface area contributed by atoms with Crippen molar-refractivity contribution in [3.63, 3.8) is 0 Å². The predicted octanol–water partition coefficient (Wildman–Crippen LogP) is 2.57. The fraction of sp³-hybridized carbons (Fsp3) is 1.00. The second-order valence-electron chi connectivity index (χ2n) is 5.91. The van der Waals surface area contributed by atoms with E-state index in [9.17, 15) is 0 Å². The number of hydrogen-bond acceptors (Lipinski definition) is 2. The van der Waals surface area contributed by atoms with Gasteiger partial charge in [-0.15, -0.1) is 0 Å². The molecule has 2 saturated carbocycles. The zero-order valence-electron chi connectivity index (χ0n) is 9.54.